The van der Waals surface area contributed by atoms with Crippen LogP contribution in [0.3, 0.4) is 0 Å². The molecule has 0 N–H and O–H groups in total. The summed E-state index contributed by atoms with van der Waals surface area (Å²) >= 11 is 10.1. The van der Waals surface area contributed by atoms with E-state index in [1.165, 1.54) is 5.56 Å². The zero-order chi connectivity index (χ0) is 13.3. The van der Waals surface area contributed by atoms with Crippen molar-refractivity contribution >= 4 is 27.5 Å². The number of nitrogens with zero attached hydrogens (tertiary/aromatic N) is 1. The zero-order valence-electron chi connectivity index (χ0n) is 11.2. The van der Waals surface area contributed by atoms with E-state index in [0.717, 1.165) is 26.9 Å². The molecule has 4 heteroatoms. The summed E-state index contributed by atoms with van der Waals surface area (Å²) in [6.45, 7) is 6.20. The number of alkyl halides is 1. The Morgan fingerprint density at radius 1 is 1.12 bits per heavy atom. The van der Waals surface area contributed by atoms with E-state index >= 15 is 0 Å². The molecule has 96 valence electrons. The van der Waals surface area contributed by atoms with Crippen LogP contribution in [0, 0.1) is 20.8 Å². The predicted octanol–water partition coefficient (Wildman–Crippen LogP) is 4.18. The molecule has 1 aromatic carbocycles. The van der Waals surface area contributed by atoms with Gasteiger partial charge in [0.15, 0.2) is 0 Å². The molecule has 0 fully saturated rings. The number of hydrogen-bond donors (Lipinski definition) is 0. The number of rotatable bonds is 3. The minimum Gasteiger partial charge on any atom is -0.496 e. The van der Waals surface area contributed by atoms with Gasteiger partial charge in [0.1, 0.15) is 11.3 Å². The SMILES string of the molecule is COc1c(C)c(C)c(Br)c(C)c1C(Cl)N(C)C. The van der Waals surface area contributed by atoms with Gasteiger partial charge in [0.05, 0.1) is 7.11 Å². The van der Waals surface area contributed by atoms with Gasteiger partial charge in [-0.15, -0.1) is 11.6 Å². The van der Waals surface area contributed by atoms with Gasteiger partial charge in [-0.05, 0) is 51.6 Å². The second kappa shape index (κ2) is 5.59. The molecule has 1 unspecified atom stereocenters. The van der Waals surface area contributed by atoms with E-state index < -0.39 is 0 Å². The van der Waals surface area contributed by atoms with Crippen molar-refractivity contribution in [3.63, 3.8) is 0 Å². The van der Waals surface area contributed by atoms with Gasteiger partial charge in [-0.2, -0.15) is 0 Å². The molecule has 0 radical (unpaired) electrons. The van der Waals surface area contributed by atoms with Crippen molar-refractivity contribution in [1.82, 2.24) is 4.90 Å². The van der Waals surface area contributed by atoms with E-state index in [1.54, 1.807) is 7.11 Å². The highest BCUT2D eigenvalue weighted by Crippen LogP contribution is 2.41. The zero-order valence-corrected chi connectivity index (χ0v) is 13.5. The topological polar surface area (TPSA) is 12.5 Å². The van der Waals surface area contributed by atoms with Crippen LogP contribution in [-0.2, 0) is 0 Å². The maximum atomic E-state index is 6.45. The molecule has 0 aromatic heterocycles. The van der Waals surface area contributed by atoms with Crippen LogP contribution < -0.4 is 4.74 Å². The fourth-order valence-electron chi connectivity index (χ4n) is 1.91. The third kappa shape index (κ3) is 2.61. The van der Waals surface area contributed by atoms with Gasteiger partial charge in [-0.3, -0.25) is 4.90 Å². The summed E-state index contributed by atoms with van der Waals surface area (Å²) in [7, 11) is 5.61. The Balaban J connectivity index is 3.58. The van der Waals surface area contributed by atoms with Gasteiger partial charge in [-0.25, -0.2) is 0 Å². The molecule has 0 aliphatic rings. The smallest absolute Gasteiger partial charge is 0.128 e. The van der Waals surface area contributed by atoms with Gasteiger partial charge in [0, 0.05) is 10.0 Å². The lowest BCUT2D eigenvalue weighted by molar-refractivity contribution is 0.357. The van der Waals surface area contributed by atoms with Crippen molar-refractivity contribution in [1.29, 1.82) is 0 Å². The molecule has 0 bridgehead atoms. The largest absolute Gasteiger partial charge is 0.496 e. The summed E-state index contributed by atoms with van der Waals surface area (Å²) < 4.78 is 6.64. The molecule has 0 spiro atoms. The van der Waals surface area contributed by atoms with E-state index in [-0.39, 0.29) is 5.50 Å². The first-order valence-electron chi connectivity index (χ1n) is 5.46. The van der Waals surface area contributed by atoms with Crippen molar-refractivity contribution in [3.8, 4) is 5.75 Å². The summed E-state index contributed by atoms with van der Waals surface area (Å²) in [6.07, 6.45) is 0. The summed E-state index contributed by atoms with van der Waals surface area (Å²) in [4.78, 5) is 1.97. The fourth-order valence-corrected chi connectivity index (χ4v) is 2.69. The van der Waals surface area contributed by atoms with Gasteiger partial charge in [0.25, 0.3) is 0 Å². The van der Waals surface area contributed by atoms with E-state index in [9.17, 15) is 0 Å². The molecule has 1 atom stereocenters. The highest BCUT2D eigenvalue weighted by Gasteiger charge is 2.23. The average Bonchev–Trinajstić information content (AvgIpc) is 2.29. The highest BCUT2D eigenvalue weighted by molar-refractivity contribution is 9.10. The Bertz CT molecular complexity index is 432. The molecule has 17 heavy (non-hydrogen) atoms. The molecule has 0 aliphatic carbocycles. The first-order chi connectivity index (χ1) is 7.82. The molecule has 0 amide bonds. The standard InChI is InChI=1S/C13H19BrClNO/c1-7-8(2)12(17-6)10(9(3)11(7)14)13(15)16(4)5/h13H,1-6H3. The molecular formula is C13H19BrClNO. The van der Waals surface area contributed by atoms with Crippen LogP contribution in [0.2, 0.25) is 0 Å². The Morgan fingerprint density at radius 3 is 2.06 bits per heavy atom. The molecular weight excluding hydrogens is 302 g/mol. The number of benzene rings is 1. The van der Waals surface area contributed by atoms with Crippen LogP contribution in [-0.4, -0.2) is 26.1 Å². The third-order valence-electron chi connectivity index (χ3n) is 3.11. The van der Waals surface area contributed by atoms with Crippen molar-refractivity contribution in [2.24, 2.45) is 0 Å². The minimum atomic E-state index is -0.194. The van der Waals surface area contributed by atoms with E-state index in [0.29, 0.717) is 0 Å². The second-order valence-corrected chi connectivity index (χ2v) is 5.64. The Labute approximate surface area is 117 Å². The Kier molecular flexibility index (Phi) is 4.87. The average molecular weight is 321 g/mol. The summed E-state index contributed by atoms with van der Waals surface area (Å²) in [6, 6.07) is 0. The minimum absolute atomic E-state index is 0.194. The van der Waals surface area contributed by atoms with E-state index in [1.807, 2.05) is 19.0 Å². The summed E-state index contributed by atoms with van der Waals surface area (Å²) in [5, 5.41) is 0. The maximum absolute atomic E-state index is 6.45. The first kappa shape index (κ1) is 14.8. The lowest BCUT2D eigenvalue weighted by Crippen LogP contribution is -2.17. The van der Waals surface area contributed by atoms with Gasteiger partial charge in [-0.1, -0.05) is 15.9 Å². The van der Waals surface area contributed by atoms with Crippen LogP contribution in [0.15, 0.2) is 4.47 Å². The quantitative estimate of drug-likeness (QED) is 0.612. The molecule has 1 rings (SSSR count). The van der Waals surface area contributed by atoms with Gasteiger partial charge in [0.2, 0.25) is 0 Å². The lowest BCUT2D eigenvalue weighted by atomic mass is 9.98. The number of methoxy groups -OCH3 is 1. The molecule has 0 saturated carbocycles. The van der Waals surface area contributed by atoms with Crippen molar-refractivity contribution in [3.05, 3.63) is 26.7 Å². The normalized spacial score (nSPS) is 13.0. The van der Waals surface area contributed by atoms with Gasteiger partial charge >= 0.3 is 0 Å². The van der Waals surface area contributed by atoms with Crippen molar-refractivity contribution in [2.45, 2.75) is 26.3 Å². The molecule has 2 nitrogen and oxygen atoms in total. The first-order valence-corrected chi connectivity index (χ1v) is 6.69. The number of hydrogen-bond acceptors (Lipinski definition) is 2. The predicted molar refractivity (Wildman–Crippen MR) is 77.2 cm³/mol. The van der Waals surface area contributed by atoms with E-state index in [2.05, 4.69) is 36.7 Å². The van der Waals surface area contributed by atoms with Crippen LogP contribution in [0.1, 0.15) is 27.8 Å². The van der Waals surface area contributed by atoms with E-state index in [4.69, 9.17) is 16.3 Å². The molecule has 0 aliphatic heterocycles. The van der Waals surface area contributed by atoms with Crippen LogP contribution in [0.5, 0.6) is 5.75 Å². The number of ether oxygens (including phenoxy) is 1. The third-order valence-corrected chi connectivity index (χ3v) is 4.90. The number of halogens is 2. The fraction of sp³-hybridized carbons (Fsp3) is 0.538. The summed E-state index contributed by atoms with van der Waals surface area (Å²) in [5.41, 5.74) is 4.31. The van der Waals surface area contributed by atoms with Crippen molar-refractivity contribution in [2.75, 3.05) is 21.2 Å². The Morgan fingerprint density at radius 2 is 1.65 bits per heavy atom. The molecule has 0 saturated heterocycles. The van der Waals surface area contributed by atoms with Crippen LogP contribution in [0.25, 0.3) is 0 Å². The Hall–Kier alpha value is -0.250. The summed E-state index contributed by atoms with van der Waals surface area (Å²) in [5.74, 6) is 0.886. The lowest BCUT2D eigenvalue weighted by Gasteiger charge is -2.25. The van der Waals surface area contributed by atoms with Gasteiger partial charge < -0.3 is 4.74 Å². The molecule has 0 heterocycles. The monoisotopic (exact) mass is 319 g/mol. The maximum Gasteiger partial charge on any atom is 0.128 e. The van der Waals surface area contributed by atoms with Crippen LogP contribution in [0.4, 0.5) is 0 Å². The van der Waals surface area contributed by atoms with Crippen molar-refractivity contribution < 1.29 is 4.74 Å². The molecule has 1 aromatic rings. The van der Waals surface area contributed by atoms with Crippen LogP contribution >= 0.6 is 27.5 Å². The second-order valence-electron chi connectivity index (χ2n) is 4.44. The highest BCUT2D eigenvalue weighted by atomic mass is 79.9.